The number of rotatable bonds is 7. The Balaban J connectivity index is 2.22. The number of nitrogens with one attached hydrogen (secondary N) is 1. The predicted molar refractivity (Wildman–Crippen MR) is 101 cm³/mol. The lowest BCUT2D eigenvalue weighted by Crippen LogP contribution is -2.31. The Bertz CT molecular complexity index is 879. The van der Waals surface area contributed by atoms with Gasteiger partial charge in [-0.05, 0) is 37.3 Å². The first-order valence-corrected chi connectivity index (χ1v) is 8.31. The van der Waals surface area contributed by atoms with Crippen molar-refractivity contribution < 1.29 is 33.3 Å². The first kappa shape index (κ1) is 20.8. The van der Waals surface area contributed by atoms with E-state index in [0.717, 1.165) is 0 Å². The highest BCUT2D eigenvalue weighted by Crippen LogP contribution is 2.22. The highest BCUT2D eigenvalue weighted by Gasteiger charge is 2.21. The molecule has 0 radical (unpaired) electrons. The summed E-state index contributed by atoms with van der Waals surface area (Å²) in [6.45, 7) is 1.55. The zero-order valence-corrected chi connectivity index (χ0v) is 16.0. The van der Waals surface area contributed by atoms with Gasteiger partial charge in [-0.2, -0.15) is 0 Å². The molecule has 1 N–H and O–H groups in total. The molecule has 8 nitrogen and oxygen atoms in total. The van der Waals surface area contributed by atoms with Crippen LogP contribution in [-0.4, -0.2) is 45.3 Å². The highest BCUT2D eigenvalue weighted by molar-refractivity contribution is 6.04. The third-order valence-corrected chi connectivity index (χ3v) is 3.83. The molecular formula is C20H21NO7. The summed E-state index contributed by atoms with van der Waals surface area (Å²) in [6, 6.07) is 10.9. The number of anilines is 1. The summed E-state index contributed by atoms with van der Waals surface area (Å²) in [5.74, 6) is -0.752. The van der Waals surface area contributed by atoms with E-state index in [-0.39, 0.29) is 16.8 Å². The molecule has 0 aliphatic rings. The highest BCUT2D eigenvalue weighted by atomic mass is 16.5. The average Bonchev–Trinajstić information content (AvgIpc) is 2.72. The Morgan fingerprint density at radius 2 is 1.57 bits per heavy atom. The van der Waals surface area contributed by atoms with Gasteiger partial charge in [-0.15, -0.1) is 0 Å². The molecule has 0 spiro atoms. The standard InChI is InChI=1S/C20H21NO7/c1-12(28-15-7-5-6-14(11-15)25-2)18(22)21-17-10-13(19(23)26-3)8-9-16(17)20(24)27-4/h5-12H,1-4H3,(H,21,22). The Morgan fingerprint density at radius 3 is 2.21 bits per heavy atom. The van der Waals surface area contributed by atoms with Gasteiger partial charge in [-0.25, -0.2) is 9.59 Å². The topological polar surface area (TPSA) is 100 Å². The molecule has 1 atom stereocenters. The number of hydrogen-bond donors (Lipinski definition) is 1. The molecule has 0 aliphatic carbocycles. The van der Waals surface area contributed by atoms with Crippen molar-refractivity contribution in [1.29, 1.82) is 0 Å². The van der Waals surface area contributed by atoms with E-state index in [4.69, 9.17) is 14.2 Å². The molecule has 148 valence electrons. The summed E-state index contributed by atoms with van der Waals surface area (Å²) >= 11 is 0. The van der Waals surface area contributed by atoms with Crippen LogP contribution in [-0.2, 0) is 14.3 Å². The number of ether oxygens (including phenoxy) is 4. The SMILES string of the molecule is COC(=O)c1ccc(C(=O)OC)c(NC(=O)C(C)Oc2cccc(OC)c2)c1. The second-order valence-electron chi connectivity index (χ2n) is 5.67. The van der Waals surface area contributed by atoms with Gasteiger partial charge in [0, 0.05) is 6.07 Å². The van der Waals surface area contributed by atoms with Gasteiger partial charge in [0.05, 0.1) is 38.1 Å². The smallest absolute Gasteiger partial charge is 0.339 e. The quantitative estimate of drug-likeness (QED) is 0.729. The lowest BCUT2D eigenvalue weighted by molar-refractivity contribution is -0.122. The molecule has 1 amide bonds. The Kier molecular flexibility index (Phi) is 6.97. The third-order valence-electron chi connectivity index (χ3n) is 3.83. The summed E-state index contributed by atoms with van der Waals surface area (Å²) in [5, 5.41) is 2.59. The molecule has 0 saturated heterocycles. The van der Waals surface area contributed by atoms with Crippen molar-refractivity contribution in [2.24, 2.45) is 0 Å². The maximum absolute atomic E-state index is 12.5. The van der Waals surface area contributed by atoms with Crippen molar-refractivity contribution in [1.82, 2.24) is 0 Å². The molecule has 1 unspecified atom stereocenters. The molecule has 0 aromatic heterocycles. The largest absolute Gasteiger partial charge is 0.497 e. The number of esters is 2. The first-order valence-electron chi connectivity index (χ1n) is 8.31. The maximum Gasteiger partial charge on any atom is 0.339 e. The van der Waals surface area contributed by atoms with Gasteiger partial charge in [0.25, 0.3) is 5.91 Å². The van der Waals surface area contributed by atoms with Gasteiger partial charge < -0.3 is 24.3 Å². The van der Waals surface area contributed by atoms with Gasteiger partial charge in [-0.3, -0.25) is 4.79 Å². The van der Waals surface area contributed by atoms with Crippen LogP contribution < -0.4 is 14.8 Å². The van der Waals surface area contributed by atoms with Crippen LogP contribution in [0.1, 0.15) is 27.6 Å². The van der Waals surface area contributed by atoms with E-state index in [1.54, 1.807) is 31.2 Å². The molecule has 2 aromatic rings. The van der Waals surface area contributed by atoms with Gasteiger partial charge in [0.15, 0.2) is 6.10 Å². The van der Waals surface area contributed by atoms with Crippen molar-refractivity contribution >= 4 is 23.5 Å². The Morgan fingerprint density at radius 1 is 0.893 bits per heavy atom. The minimum atomic E-state index is -0.889. The number of amides is 1. The van der Waals surface area contributed by atoms with Crippen LogP contribution in [0.2, 0.25) is 0 Å². The minimum Gasteiger partial charge on any atom is -0.497 e. The number of carbonyl (C=O) groups excluding carboxylic acids is 3. The summed E-state index contributed by atoms with van der Waals surface area (Å²) < 4.78 is 20.1. The average molecular weight is 387 g/mol. The predicted octanol–water partition coefficient (Wildman–Crippen LogP) is 2.67. The van der Waals surface area contributed by atoms with E-state index in [1.807, 2.05) is 0 Å². The van der Waals surface area contributed by atoms with E-state index >= 15 is 0 Å². The molecule has 0 saturated carbocycles. The summed E-state index contributed by atoms with van der Waals surface area (Å²) in [7, 11) is 3.98. The van der Waals surface area contributed by atoms with Gasteiger partial charge in [0.1, 0.15) is 11.5 Å². The van der Waals surface area contributed by atoms with Crippen LogP contribution in [0.15, 0.2) is 42.5 Å². The fourth-order valence-electron chi connectivity index (χ4n) is 2.35. The second kappa shape index (κ2) is 9.40. The lowest BCUT2D eigenvalue weighted by atomic mass is 10.1. The van der Waals surface area contributed by atoms with E-state index in [9.17, 15) is 14.4 Å². The maximum atomic E-state index is 12.5. The van der Waals surface area contributed by atoms with Crippen LogP contribution in [0.5, 0.6) is 11.5 Å². The van der Waals surface area contributed by atoms with E-state index in [1.165, 1.54) is 39.5 Å². The summed E-state index contributed by atoms with van der Waals surface area (Å²) in [4.78, 5) is 36.3. The molecule has 2 rings (SSSR count). The van der Waals surface area contributed by atoms with Gasteiger partial charge in [0.2, 0.25) is 0 Å². The Labute approximate surface area is 162 Å². The van der Waals surface area contributed by atoms with Crippen LogP contribution in [0.25, 0.3) is 0 Å². The number of hydrogen-bond acceptors (Lipinski definition) is 7. The van der Waals surface area contributed by atoms with Crippen LogP contribution in [0.4, 0.5) is 5.69 Å². The van der Waals surface area contributed by atoms with Crippen molar-refractivity contribution in [2.75, 3.05) is 26.6 Å². The van der Waals surface area contributed by atoms with Crippen molar-refractivity contribution in [3.8, 4) is 11.5 Å². The van der Waals surface area contributed by atoms with Crippen LogP contribution >= 0.6 is 0 Å². The van der Waals surface area contributed by atoms with E-state index < -0.39 is 23.9 Å². The van der Waals surface area contributed by atoms with Gasteiger partial charge >= 0.3 is 11.9 Å². The molecule has 0 bridgehead atoms. The Hall–Kier alpha value is -3.55. The van der Waals surface area contributed by atoms with Crippen LogP contribution in [0.3, 0.4) is 0 Å². The van der Waals surface area contributed by atoms with Crippen molar-refractivity contribution in [3.05, 3.63) is 53.6 Å². The fraction of sp³-hybridized carbons (Fsp3) is 0.250. The lowest BCUT2D eigenvalue weighted by Gasteiger charge is -2.17. The van der Waals surface area contributed by atoms with Crippen molar-refractivity contribution in [3.63, 3.8) is 0 Å². The third kappa shape index (κ3) is 5.00. The first-order chi connectivity index (χ1) is 13.4. The molecule has 8 heteroatoms. The van der Waals surface area contributed by atoms with Gasteiger partial charge in [-0.1, -0.05) is 6.07 Å². The normalized spacial score (nSPS) is 11.1. The molecule has 28 heavy (non-hydrogen) atoms. The molecular weight excluding hydrogens is 366 g/mol. The second-order valence-corrected chi connectivity index (χ2v) is 5.67. The zero-order chi connectivity index (χ0) is 20.7. The number of carbonyl (C=O) groups is 3. The monoisotopic (exact) mass is 387 g/mol. The number of methoxy groups -OCH3 is 3. The van der Waals surface area contributed by atoms with E-state index in [2.05, 4.69) is 10.1 Å². The van der Waals surface area contributed by atoms with Crippen molar-refractivity contribution in [2.45, 2.75) is 13.0 Å². The number of benzene rings is 2. The summed E-state index contributed by atoms with van der Waals surface area (Å²) in [5.41, 5.74) is 0.379. The van der Waals surface area contributed by atoms with Crippen LogP contribution in [0, 0.1) is 0 Å². The fourth-order valence-corrected chi connectivity index (χ4v) is 2.35. The molecule has 2 aromatic carbocycles. The minimum absolute atomic E-state index is 0.0945. The summed E-state index contributed by atoms with van der Waals surface area (Å²) in [6.07, 6.45) is -0.889. The molecule has 0 aliphatic heterocycles. The molecule has 0 fully saturated rings. The molecule has 0 heterocycles. The van der Waals surface area contributed by atoms with E-state index in [0.29, 0.717) is 11.5 Å². The zero-order valence-electron chi connectivity index (χ0n) is 16.0.